The van der Waals surface area contributed by atoms with E-state index in [9.17, 15) is 24.0 Å². The van der Waals surface area contributed by atoms with Crippen molar-refractivity contribution in [2.45, 2.75) is 115 Å². The van der Waals surface area contributed by atoms with E-state index in [-0.39, 0.29) is 62.2 Å². The normalized spacial score (nSPS) is 23.9. The van der Waals surface area contributed by atoms with Crippen molar-refractivity contribution in [3.63, 3.8) is 0 Å². The molecule has 2 aliphatic carbocycles. The lowest BCUT2D eigenvalue weighted by Crippen LogP contribution is -2.59. The summed E-state index contributed by atoms with van der Waals surface area (Å²) < 4.78 is 11.4. The monoisotopic (exact) mass is 796 g/mol. The van der Waals surface area contributed by atoms with Gasteiger partial charge in [0.05, 0.1) is 25.7 Å². The standard InChI is InChI=1S/C42H60N6O7.ClH/c1-26(2)20-32-25-55-34-18-14-29(15-19-34)22-36(47-41(52)38(43)31-8-6-5-7-9-31)40(51)46-35(21-28-12-16-33(54-4)17-13-28)39(50)44-27(3)42(53)48(23-30-10-11-30)24-37(49)45-32;/h12-19,26-27,30-32,35-36,38H,5-11,20-25,43H2,1-4H3,(H,44,50)(H,45,49)(H,46,51)(H,47,52);1H/t27-,32+,35+,36+,38+;/m1./s1. The van der Waals surface area contributed by atoms with Crippen LogP contribution < -0.4 is 36.5 Å². The zero-order chi connectivity index (χ0) is 39.5. The molecule has 5 amide bonds. The van der Waals surface area contributed by atoms with E-state index in [1.807, 2.05) is 12.1 Å². The van der Waals surface area contributed by atoms with Crippen LogP contribution in [0.3, 0.4) is 0 Å². The first-order valence-electron chi connectivity index (χ1n) is 20.0. The van der Waals surface area contributed by atoms with Gasteiger partial charge < -0.3 is 41.4 Å². The van der Waals surface area contributed by atoms with E-state index in [0.717, 1.165) is 56.1 Å². The molecule has 2 saturated carbocycles. The maximum atomic E-state index is 14.3. The minimum atomic E-state index is -1.11. The molecule has 2 aliphatic heterocycles. The fourth-order valence-electron chi connectivity index (χ4n) is 7.50. The highest BCUT2D eigenvalue weighted by Crippen LogP contribution is 2.30. The minimum Gasteiger partial charge on any atom is -0.497 e. The summed E-state index contributed by atoms with van der Waals surface area (Å²) >= 11 is 0. The topological polar surface area (TPSA) is 181 Å². The summed E-state index contributed by atoms with van der Waals surface area (Å²) in [4.78, 5) is 70.8. The van der Waals surface area contributed by atoms with Gasteiger partial charge in [0.15, 0.2) is 0 Å². The predicted molar refractivity (Wildman–Crippen MR) is 216 cm³/mol. The lowest BCUT2D eigenvalue weighted by atomic mass is 9.84. The van der Waals surface area contributed by atoms with Crippen LogP contribution in [0.4, 0.5) is 0 Å². The van der Waals surface area contributed by atoms with Crippen molar-refractivity contribution in [3.05, 3.63) is 59.7 Å². The molecule has 0 saturated heterocycles. The number of hydrogen-bond donors (Lipinski definition) is 5. The number of carbonyl (C=O) groups is 5. The van der Waals surface area contributed by atoms with Gasteiger partial charge in [0.2, 0.25) is 29.5 Å². The number of nitrogens with zero attached hydrogens (tertiary/aromatic N) is 1. The molecule has 0 spiro atoms. The largest absolute Gasteiger partial charge is 0.497 e. The van der Waals surface area contributed by atoms with Gasteiger partial charge in [-0.3, -0.25) is 24.0 Å². The lowest BCUT2D eigenvalue weighted by Gasteiger charge is -2.30. The number of ether oxygens (including phenoxy) is 2. The third kappa shape index (κ3) is 13.4. The number of nitrogens with one attached hydrogen (secondary N) is 4. The number of amides is 5. The number of rotatable bonds is 10. The Kier molecular flexibility index (Phi) is 16.8. The van der Waals surface area contributed by atoms with Gasteiger partial charge in [-0.1, -0.05) is 57.4 Å². The van der Waals surface area contributed by atoms with Crippen molar-refractivity contribution >= 4 is 41.9 Å². The number of hydrogen-bond acceptors (Lipinski definition) is 8. The van der Waals surface area contributed by atoms with Crippen LogP contribution in [-0.4, -0.2) is 91.5 Å². The number of halogens is 1. The Labute approximate surface area is 337 Å². The lowest BCUT2D eigenvalue weighted by molar-refractivity contribution is -0.140. The highest BCUT2D eigenvalue weighted by Gasteiger charge is 2.35. The van der Waals surface area contributed by atoms with E-state index < -0.39 is 47.8 Å². The van der Waals surface area contributed by atoms with Crippen LogP contribution in [0.25, 0.3) is 0 Å². The van der Waals surface area contributed by atoms with E-state index in [1.54, 1.807) is 50.4 Å². The maximum absolute atomic E-state index is 14.3. The van der Waals surface area contributed by atoms with Gasteiger partial charge in [-0.2, -0.15) is 0 Å². The second-order valence-corrected chi connectivity index (χ2v) is 16.0. The fourth-order valence-corrected chi connectivity index (χ4v) is 7.50. The predicted octanol–water partition coefficient (Wildman–Crippen LogP) is 3.45. The number of carbonyl (C=O) groups excluding carboxylic acids is 5. The number of methoxy groups -OCH3 is 1. The molecule has 2 heterocycles. The first-order chi connectivity index (χ1) is 26.4. The Balaban J connectivity index is 0.00000696. The Hall–Kier alpha value is -4.36. The highest BCUT2D eigenvalue weighted by atomic mass is 35.5. The molecule has 2 bridgehead atoms. The van der Waals surface area contributed by atoms with Crippen molar-refractivity contribution in [3.8, 4) is 11.5 Å². The van der Waals surface area contributed by atoms with Gasteiger partial charge >= 0.3 is 0 Å². The summed E-state index contributed by atoms with van der Waals surface area (Å²) in [6.45, 7) is 6.20. The van der Waals surface area contributed by atoms with Crippen molar-refractivity contribution in [2.75, 3.05) is 26.8 Å². The molecule has 2 fully saturated rings. The Morgan fingerprint density at radius 1 is 0.929 bits per heavy atom. The van der Waals surface area contributed by atoms with E-state index in [2.05, 4.69) is 35.1 Å². The van der Waals surface area contributed by atoms with E-state index in [1.165, 1.54) is 4.90 Å². The van der Waals surface area contributed by atoms with Crippen molar-refractivity contribution < 1.29 is 33.4 Å². The third-order valence-corrected chi connectivity index (χ3v) is 10.8. The molecule has 6 N–H and O–H groups in total. The molecule has 2 aromatic carbocycles. The molecule has 5 atom stereocenters. The van der Waals surface area contributed by atoms with Crippen molar-refractivity contribution in [1.29, 1.82) is 0 Å². The fraction of sp³-hybridized carbons (Fsp3) is 0.595. The molecule has 4 aliphatic rings. The van der Waals surface area contributed by atoms with Crippen LogP contribution in [-0.2, 0) is 36.8 Å². The molecular formula is C42H61ClN6O7. The molecule has 13 nitrogen and oxygen atoms in total. The van der Waals surface area contributed by atoms with Crippen LogP contribution in [0.1, 0.15) is 83.3 Å². The smallest absolute Gasteiger partial charge is 0.245 e. The Morgan fingerprint density at radius 2 is 1.61 bits per heavy atom. The van der Waals surface area contributed by atoms with Crippen LogP contribution in [0.15, 0.2) is 48.5 Å². The Bertz CT molecular complexity index is 1610. The zero-order valence-corrected chi connectivity index (χ0v) is 34.0. The van der Waals surface area contributed by atoms with Crippen molar-refractivity contribution in [2.24, 2.45) is 23.5 Å². The van der Waals surface area contributed by atoms with Crippen LogP contribution >= 0.6 is 12.4 Å². The van der Waals surface area contributed by atoms with E-state index >= 15 is 0 Å². The average Bonchev–Trinajstić information content (AvgIpc) is 4.00. The first kappa shape index (κ1) is 44.4. The molecule has 6 rings (SSSR count). The molecule has 56 heavy (non-hydrogen) atoms. The maximum Gasteiger partial charge on any atom is 0.245 e. The molecule has 0 unspecified atom stereocenters. The summed E-state index contributed by atoms with van der Waals surface area (Å²) in [7, 11) is 1.56. The van der Waals surface area contributed by atoms with E-state index in [0.29, 0.717) is 30.4 Å². The van der Waals surface area contributed by atoms with Gasteiger partial charge in [-0.15, -0.1) is 12.4 Å². The van der Waals surface area contributed by atoms with Crippen LogP contribution in [0, 0.1) is 17.8 Å². The van der Waals surface area contributed by atoms with Gasteiger partial charge in [-0.25, -0.2) is 0 Å². The van der Waals surface area contributed by atoms with Crippen LogP contribution in [0.5, 0.6) is 11.5 Å². The zero-order valence-electron chi connectivity index (χ0n) is 33.2. The molecule has 308 valence electrons. The average molecular weight is 797 g/mol. The second kappa shape index (κ2) is 21.2. The second-order valence-electron chi connectivity index (χ2n) is 16.0. The van der Waals surface area contributed by atoms with Gasteiger partial charge in [0.1, 0.15) is 36.2 Å². The first-order valence-corrected chi connectivity index (χ1v) is 20.0. The summed E-state index contributed by atoms with van der Waals surface area (Å²) in [5, 5.41) is 11.7. The summed E-state index contributed by atoms with van der Waals surface area (Å²) in [5.74, 6) is -0.418. The van der Waals surface area contributed by atoms with Crippen LogP contribution in [0.2, 0.25) is 0 Å². The molecular weight excluding hydrogens is 736 g/mol. The summed E-state index contributed by atoms with van der Waals surface area (Å²) in [6, 6.07) is 10.2. The SMILES string of the molecule is COc1ccc(C[C@@H]2NC(=O)[C@@H](NC(=O)[C@@H](N)C3CCCCC3)Cc3ccc(cc3)OC[C@H](CC(C)C)NC(=O)CN(CC3CC3)C(=O)[C@@H](C)NC2=O)cc1.Cl. The number of fused-ring (bicyclic) bond motifs is 17. The highest BCUT2D eigenvalue weighted by molar-refractivity contribution is 5.95. The van der Waals surface area contributed by atoms with E-state index in [4.69, 9.17) is 15.2 Å². The molecule has 0 aromatic heterocycles. The van der Waals surface area contributed by atoms with Gasteiger partial charge in [0.25, 0.3) is 0 Å². The molecule has 0 radical (unpaired) electrons. The number of benzene rings is 2. The summed E-state index contributed by atoms with van der Waals surface area (Å²) in [5.41, 5.74) is 7.99. The quantitative estimate of drug-likeness (QED) is 0.227. The number of nitrogens with two attached hydrogens (primary N) is 1. The molecule has 14 heteroatoms. The molecule has 2 aromatic rings. The third-order valence-electron chi connectivity index (χ3n) is 10.8. The van der Waals surface area contributed by atoms with Gasteiger partial charge in [-0.05, 0) is 92.2 Å². The minimum absolute atomic E-state index is 0. The van der Waals surface area contributed by atoms with Gasteiger partial charge in [0, 0.05) is 19.4 Å². The summed E-state index contributed by atoms with van der Waals surface area (Å²) in [6.07, 6.45) is 7.67. The Morgan fingerprint density at radius 3 is 2.23 bits per heavy atom. The van der Waals surface area contributed by atoms with Crippen molar-refractivity contribution in [1.82, 2.24) is 26.2 Å².